The second-order valence-corrected chi connectivity index (χ2v) is 8.44. The van der Waals surface area contributed by atoms with Crippen LogP contribution in [0.1, 0.15) is 28.3 Å². The van der Waals surface area contributed by atoms with Crippen molar-refractivity contribution in [1.82, 2.24) is 10.2 Å². The normalized spacial score (nSPS) is 19.5. The zero-order valence-corrected chi connectivity index (χ0v) is 19.1. The van der Waals surface area contributed by atoms with Crippen molar-refractivity contribution in [2.45, 2.75) is 18.1 Å². The molecule has 1 aliphatic rings. The molecule has 4 aromatic rings. The van der Waals surface area contributed by atoms with E-state index in [9.17, 15) is 4.79 Å². The Morgan fingerprint density at radius 1 is 0.794 bits per heavy atom. The molecule has 0 saturated carbocycles. The average molecular weight is 446 g/mol. The Morgan fingerprint density at radius 2 is 1.32 bits per heavy atom. The molecule has 0 aliphatic carbocycles. The van der Waals surface area contributed by atoms with E-state index >= 15 is 0 Å². The van der Waals surface area contributed by atoms with Crippen LogP contribution in [0.5, 0.6) is 0 Å². The van der Waals surface area contributed by atoms with Crippen LogP contribution in [-0.4, -0.2) is 23.7 Å². The summed E-state index contributed by atoms with van der Waals surface area (Å²) in [5.74, 6) is 0.683. The second-order valence-electron chi connectivity index (χ2n) is 8.44. The molecule has 1 aliphatic heterocycles. The summed E-state index contributed by atoms with van der Waals surface area (Å²) in [6, 6.07) is 40.3. The highest BCUT2D eigenvalue weighted by Crippen LogP contribution is 2.49. The third-order valence-corrected chi connectivity index (χ3v) is 6.39. The molecule has 2 unspecified atom stereocenters. The summed E-state index contributed by atoms with van der Waals surface area (Å²) in [5.41, 5.74) is 2.92. The van der Waals surface area contributed by atoms with E-state index in [1.807, 2.05) is 84.9 Å². The molecule has 0 saturated heterocycles. The van der Waals surface area contributed by atoms with E-state index in [-0.39, 0.29) is 11.9 Å². The first kappa shape index (κ1) is 21.7. The minimum absolute atomic E-state index is 0.128. The van der Waals surface area contributed by atoms with Gasteiger partial charge in [0.15, 0.2) is 5.54 Å². The van der Waals surface area contributed by atoms with Gasteiger partial charge in [-0.1, -0.05) is 121 Å². The summed E-state index contributed by atoms with van der Waals surface area (Å²) in [5, 5.41) is 2.93. The van der Waals surface area contributed by atoms with Crippen LogP contribution in [0.25, 0.3) is 0 Å². The number of nitrogens with zero attached hydrogens (tertiary/aromatic N) is 2. The van der Waals surface area contributed by atoms with Crippen LogP contribution >= 0.6 is 0 Å². The number of nitrogens with one attached hydrogen (secondary N) is 1. The smallest absolute Gasteiger partial charge is 0.254 e. The van der Waals surface area contributed by atoms with E-state index in [0.717, 1.165) is 28.1 Å². The minimum atomic E-state index is -1.14. The van der Waals surface area contributed by atoms with E-state index in [1.165, 1.54) is 0 Å². The Balaban J connectivity index is 1.79. The number of rotatable bonds is 6. The lowest BCUT2D eigenvalue weighted by Gasteiger charge is -2.37. The molecule has 4 heteroatoms. The third-order valence-electron chi connectivity index (χ3n) is 6.39. The van der Waals surface area contributed by atoms with Crippen molar-refractivity contribution >= 4 is 11.7 Å². The standard InChI is InChI=1S/C30H27N3O/c1-31-29(34)30(26-20-12-5-13-21-26)27(24-16-8-3-9-17-24)33(22-23-14-6-2-7-15-23)28(32-30)25-18-10-4-11-19-25/h2-21,27H,22H2,1H3,(H,31,34). The van der Waals surface area contributed by atoms with Gasteiger partial charge in [-0.05, 0) is 16.7 Å². The van der Waals surface area contributed by atoms with Crippen molar-refractivity contribution in [2.24, 2.45) is 4.99 Å². The fraction of sp³-hybridized carbons (Fsp3) is 0.133. The molecule has 1 amide bonds. The first-order valence-electron chi connectivity index (χ1n) is 11.5. The Labute approximate surface area is 200 Å². The van der Waals surface area contributed by atoms with Gasteiger partial charge >= 0.3 is 0 Å². The summed E-state index contributed by atoms with van der Waals surface area (Å²) < 4.78 is 0. The van der Waals surface area contributed by atoms with Crippen LogP contribution in [-0.2, 0) is 16.9 Å². The van der Waals surface area contributed by atoms with Crippen molar-refractivity contribution in [3.05, 3.63) is 144 Å². The van der Waals surface area contributed by atoms with Crippen molar-refractivity contribution in [2.75, 3.05) is 7.05 Å². The molecule has 1 N–H and O–H groups in total. The maximum atomic E-state index is 13.9. The predicted octanol–water partition coefficient (Wildman–Crippen LogP) is 5.33. The lowest BCUT2D eigenvalue weighted by Crippen LogP contribution is -2.47. The van der Waals surface area contributed by atoms with E-state index in [4.69, 9.17) is 4.99 Å². The maximum absolute atomic E-state index is 13.9. The highest BCUT2D eigenvalue weighted by atomic mass is 16.2. The Kier molecular flexibility index (Phi) is 5.96. The number of carbonyl (C=O) groups is 1. The fourth-order valence-corrected chi connectivity index (χ4v) is 4.87. The number of amides is 1. The third kappa shape index (κ3) is 3.77. The quantitative estimate of drug-likeness (QED) is 0.436. The molecule has 0 aromatic heterocycles. The first-order chi connectivity index (χ1) is 16.7. The summed E-state index contributed by atoms with van der Waals surface area (Å²) in [6.45, 7) is 0.625. The van der Waals surface area contributed by atoms with Crippen LogP contribution in [0.15, 0.2) is 126 Å². The molecule has 4 aromatic carbocycles. The van der Waals surface area contributed by atoms with Crippen LogP contribution in [0.3, 0.4) is 0 Å². The van der Waals surface area contributed by atoms with Gasteiger partial charge in [0.25, 0.3) is 5.91 Å². The molecular formula is C30H27N3O. The van der Waals surface area contributed by atoms with Crippen LogP contribution in [0, 0.1) is 0 Å². The molecule has 168 valence electrons. The van der Waals surface area contributed by atoms with E-state index < -0.39 is 5.54 Å². The molecule has 0 radical (unpaired) electrons. The van der Waals surface area contributed by atoms with Gasteiger partial charge in [0.2, 0.25) is 0 Å². The SMILES string of the molecule is CNC(=O)C1(c2ccccc2)N=C(c2ccccc2)N(Cc2ccccc2)C1c1ccccc1. The molecule has 2 atom stereocenters. The van der Waals surface area contributed by atoms with Crippen molar-refractivity contribution < 1.29 is 4.79 Å². The van der Waals surface area contributed by atoms with Gasteiger partial charge < -0.3 is 10.2 Å². The monoisotopic (exact) mass is 445 g/mol. The largest absolute Gasteiger partial charge is 0.357 e. The number of carbonyl (C=O) groups excluding carboxylic acids is 1. The highest BCUT2D eigenvalue weighted by Gasteiger charge is 2.55. The summed E-state index contributed by atoms with van der Waals surface area (Å²) in [4.78, 5) is 21.4. The van der Waals surface area contributed by atoms with E-state index in [2.05, 4.69) is 46.6 Å². The first-order valence-corrected chi connectivity index (χ1v) is 11.5. The zero-order chi connectivity index (χ0) is 23.4. The molecule has 4 nitrogen and oxygen atoms in total. The lowest BCUT2D eigenvalue weighted by atomic mass is 9.79. The molecule has 34 heavy (non-hydrogen) atoms. The van der Waals surface area contributed by atoms with Gasteiger partial charge in [-0.3, -0.25) is 4.79 Å². The molecule has 0 fully saturated rings. The molecule has 0 bridgehead atoms. The summed E-state index contributed by atoms with van der Waals surface area (Å²) in [7, 11) is 1.69. The lowest BCUT2D eigenvalue weighted by molar-refractivity contribution is -0.127. The topological polar surface area (TPSA) is 44.7 Å². The number of benzene rings is 4. The van der Waals surface area contributed by atoms with Gasteiger partial charge in [-0.15, -0.1) is 0 Å². The minimum Gasteiger partial charge on any atom is -0.357 e. The fourth-order valence-electron chi connectivity index (χ4n) is 4.87. The number of aliphatic imine (C=N–C) groups is 1. The summed E-state index contributed by atoms with van der Waals surface area (Å²) >= 11 is 0. The predicted molar refractivity (Wildman–Crippen MR) is 136 cm³/mol. The zero-order valence-electron chi connectivity index (χ0n) is 19.1. The van der Waals surface area contributed by atoms with Gasteiger partial charge in [-0.25, -0.2) is 4.99 Å². The molecule has 0 spiro atoms. The van der Waals surface area contributed by atoms with Crippen LogP contribution < -0.4 is 5.32 Å². The molecule has 5 rings (SSSR count). The summed E-state index contributed by atoms with van der Waals surface area (Å²) in [6.07, 6.45) is 0. The second kappa shape index (κ2) is 9.36. The van der Waals surface area contributed by atoms with Gasteiger partial charge in [0.05, 0.1) is 6.04 Å². The number of hydrogen-bond donors (Lipinski definition) is 1. The number of likely N-dealkylation sites (N-methyl/N-ethyl adjacent to an activating group) is 1. The Hall–Kier alpha value is -4.18. The molecule has 1 heterocycles. The van der Waals surface area contributed by atoms with Gasteiger partial charge in [0, 0.05) is 19.2 Å². The maximum Gasteiger partial charge on any atom is 0.254 e. The van der Waals surface area contributed by atoms with E-state index in [1.54, 1.807) is 7.05 Å². The van der Waals surface area contributed by atoms with Crippen LogP contribution in [0.4, 0.5) is 0 Å². The highest BCUT2D eigenvalue weighted by molar-refractivity contribution is 6.05. The van der Waals surface area contributed by atoms with Crippen molar-refractivity contribution in [3.8, 4) is 0 Å². The van der Waals surface area contributed by atoms with E-state index in [0.29, 0.717) is 6.54 Å². The number of hydrogen-bond acceptors (Lipinski definition) is 3. The van der Waals surface area contributed by atoms with Crippen LogP contribution in [0.2, 0.25) is 0 Å². The van der Waals surface area contributed by atoms with Crippen molar-refractivity contribution in [1.29, 1.82) is 0 Å². The van der Waals surface area contributed by atoms with Gasteiger partial charge in [0.1, 0.15) is 5.84 Å². The van der Waals surface area contributed by atoms with Crippen molar-refractivity contribution in [3.63, 3.8) is 0 Å². The number of amidine groups is 1. The Morgan fingerprint density at radius 3 is 1.91 bits per heavy atom. The Bertz CT molecular complexity index is 1270. The average Bonchev–Trinajstić information content (AvgIpc) is 3.26. The molecular weight excluding hydrogens is 418 g/mol. The van der Waals surface area contributed by atoms with Gasteiger partial charge in [-0.2, -0.15) is 0 Å².